The number of methoxy groups -OCH3 is 2. The molecule has 1 aromatic heterocycles. The maximum atomic E-state index is 13.1. The molecule has 8 heteroatoms. The van der Waals surface area contributed by atoms with Crippen molar-refractivity contribution in [1.29, 1.82) is 0 Å². The van der Waals surface area contributed by atoms with E-state index < -0.39 is 11.2 Å². The fraction of sp³-hybridized carbons (Fsp3) is 0.250. The third-order valence-electron chi connectivity index (χ3n) is 4.30. The number of carbonyl (C=O) groups is 1. The number of benzene rings is 2. The van der Waals surface area contributed by atoms with Crippen LogP contribution in [0, 0.1) is 0 Å². The van der Waals surface area contributed by atoms with E-state index in [0.717, 1.165) is 5.56 Å². The zero-order valence-electron chi connectivity index (χ0n) is 15.8. The second-order valence-corrected chi connectivity index (χ2v) is 7.46. The number of hydrogen-bond acceptors (Lipinski definition) is 6. The molecule has 28 heavy (non-hydrogen) atoms. The van der Waals surface area contributed by atoms with Gasteiger partial charge in [-0.15, -0.1) is 0 Å². The van der Waals surface area contributed by atoms with Crippen molar-refractivity contribution in [1.82, 2.24) is 9.55 Å². The Balaban J connectivity index is 2.11. The minimum Gasteiger partial charge on any atom is -0.493 e. The van der Waals surface area contributed by atoms with Crippen molar-refractivity contribution in [3.05, 3.63) is 58.4 Å². The van der Waals surface area contributed by atoms with Crippen LogP contribution in [-0.4, -0.2) is 34.9 Å². The molecule has 3 rings (SSSR count). The summed E-state index contributed by atoms with van der Waals surface area (Å²) in [4.78, 5) is 29.2. The Bertz CT molecular complexity index is 1080. The summed E-state index contributed by atoms with van der Waals surface area (Å²) in [5.74, 6) is 0.707. The molecule has 0 aliphatic carbocycles. The molecular formula is C20H21N3O4S. The molecule has 3 aromatic rings. The van der Waals surface area contributed by atoms with E-state index in [-0.39, 0.29) is 12.1 Å². The van der Waals surface area contributed by atoms with Crippen LogP contribution < -0.4 is 20.8 Å². The highest BCUT2D eigenvalue weighted by Crippen LogP contribution is 2.29. The van der Waals surface area contributed by atoms with Crippen molar-refractivity contribution < 1.29 is 14.3 Å². The highest BCUT2D eigenvalue weighted by Gasteiger charge is 2.18. The minimum atomic E-state index is -0.523. The summed E-state index contributed by atoms with van der Waals surface area (Å²) in [5.41, 5.74) is 6.64. The fourth-order valence-electron chi connectivity index (χ4n) is 2.75. The van der Waals surface area contributed by atoms with Gasteiger partial charge < -0.3 is 15.2 Å². The number of amides is 1. The lowest BCUT2D eigenvalue weighted by Crippen LogP contribution is -2.27. The topological polar surface area (TPSA) is 96.4 Å². The van der Waals surface area contributed by atoms with Crippen molar-refractivity contribution >= 4 is 28.6 Å². The molecule has 1 amide bonds. The first-order valence-corrected chi connectivity index (χ1v) is 9.49. The molecule has 2 aromatic carbocycles. The van der Waals surface area contributed by atoms with E-state index in [1.165, 1.54) is 11.8 Å². The number of rotatable bonds is 7. The number of carbonyl (C=O) groups excluding carboxylic acids is 1. The third-order valence-corrected chi connectivity index (χ3v) is 5.41. The van der Waals surface area contributed by atoms with E-state index in [9.17, 15) is 9.59 Å². The van der Waals surface area contributed by atoms with Gasteiger partial charge in [-0.05, 0) is 36.8 Å². The fourth-order valence-corrected chi connectivity index (χ4v) is 3.61. The summed E-state index contributed by atoms with van der Waals surface area (Å²) in [6, 6.07) is 12.6. The molecule has 0 spiro atoms. The SMILES string of the molecule is COc1ccc(Cn2c(SC(C)C(N)=O)nc3ccccc3c2=O)cc1OC. The molecule has 146 valence electrons. The zero-order chi connectivity index (χ0) is 20.3. The normalized spacial score (nSPS) is 12.0. The molecule has 1 heterocycles. The van der Waals surface area contributed by atoms with Gasteiger partial charge in [0.05, 0.1) is 36.9 Å². The molecule has 1 unspecified atom stereocenters. The largest absolute Gasteiger partial charge is 0.493 e. The van der Waals surface area contributed by atoms with Crippen LogP contribution in [0.1, 0.15) is 12.5 Å². The molecule has 0 saturated heterocycles. The Morgan fingerprint density at radius 3 is 2.57 bits per heavy atom. The molecule has 0 saturated carbocycles. The van der Waals surface area contributed by atoms with Gasteiger partial charge in [0.1, 0.15) is 0 Å². The van der Waals surface area contributed by atoms with E-state index in [0.29, 0.717) is 27.6 Å². The highest BCUT2D eigenvalue weighted by molar-refractivity contribution is 8.00. The number of fused-ring (bicyclic) bond motifs is 1. The molecule has 0 aliphatic heterocycles. The number of ether oxygens (including phenoxy) is 2. The van der Waals surface area contributed by atoms with Crippen LogP contribution >= 0.6 is 11.8 Å². The van der Waals surface area contributed by atoms with Crippen LogP contribution in [0.25, 0.3) is 10.9 Å². The van der Waals surface area contributed by atoms with E-state index in [1.54, 1.807) is 50.0 Å². The van der Waals surface area contributed by atoms with E-state index in [1.807, 2.05) is 18.2 Å². The summed E-state index contributed by atoms with van der Waals surface area (Å²) < 4.78 is 12.2. The average molecular weight is 399 g/mol. The Hall–Kier alpha value is -3.00. The Morgan fingerprint density at radius 2 is 1.89 bits per heavy atom. The number of para-hydroxylation sites is 1. The van der Waals surface area contributed by atoms with Crippen LogP contribution in [0.2, 0.25) is 0 Å². The van der Waals surface area contributed by atoms with E-state index >= 15 is 0 Å². The summed E-state index contributed by atoms with van der Waals surface area (Å²) >= 11 is 1.17. The highest BCUT2D eigenvalue weighted by atomic mass is 32.2. The Morgan fingerprint density at radius 1 is 1.18 bits per heavy atom. The second-order valence-electron chi connectivity index (χ2n) is 6.15. The summed E-state index contributed by atoms with van der Waals surface area (Å²) in [6.45, 7) is 1.96. The lowest BCUT2D eigenvalue weighted by Gasteiger charge is -2.16. The Labute approximate surface area is 166 Å². The summed E-state index contributed by atoms with van der Waals surface area (Å²) in [7, 11) is 3.12. The molecule has 0 fully saturated rings. The van der Waals surface area contributed by atoms with Crippen LogP contribution in [0.5, 0.6) is 11.5 Å². The average Bonchev–Trinajstić information content (AvgIpc) is 2.70. The van der Waals surface area contributed by atoms with Crippen molar-refractivity contribution in [2.75, 3.05) is 14.2 Å². The van der Waals surface area contributed by atoms with Gasteiger partial charge in [0.2, 0.25) is 5.91 Å². The summed E-state index contributed by atoms with van der Waals surface area (Å²) in [6.07, 6.45) is 0. The van der Waals surface area contributed by atoms with Gasteiger partial charge in [0.15, 0.2) is 16.7 Å². The molecule has 0 aliphatic rings. The maximum absolute atomic E-state index is 13.1. The van der Waals surface area contributed by atoms with Gasteiger partial charge in [-0.2, -0.15) is 0 Å². The number of nitrogens with two attached hydrogens (primary N) is 1. The van der Waals surface area contributed by atoms with Crippen LogP contribution in [0.15, 0.2) is 52.4 Å². The first-order valence-electron chi connectivity index (χ1n) is 8.61. The van der Waals surface area contributed by atoms with Gasteiger partial charge >= 0.3 is 0 Å². The number of nitrogens with zero attached hydrogens (tertiary/aromatic N) is 2. The number of aromatic nitrogens is 2. The van der Waals surface area contributed by atoms with E-state index in [2.05, 4.69) is 4.98 Å². The molecule has 0 radical (unpaired) electrons. The van der Waals surface area contributed by atoms with Gasteiger partial charge in [-0.3, -0.25) is 14.2 Å². The smallest absolute Gasteiger partial charge is 0.262 e. The molecule has 1 atom stereocenters. The number of hydrogen-bond donors (Lipinski definition) is 1. The van der Waals surface area contributed by atoms with Gasteiger partial charge in [0, 0.05) is 0 Å². The lowest BCUT2D eigenvalue weighted by molar-refractivity contribution is -0.117. The van der Waals surface area contributed by atoms with Crippen LogP contribution in [0.4, 0.5) is 0 Å². The lowest BCUT2D eigenvalue weighted by atomic mass is 10.2. The van der Waals surface area contributed by atoms with Crippen molar-refractivity contribution in [2.24, 2.45) is 5.73 Å². The third kappa shape index (κ3) is 3.96. The minimum absolute atomic E-state index is 0.181. The van der Waals surface area contributed by atoms with Gasteiger partial charge in [0.25, 0.3) is 5.56 Å². The van der Waals surface area contributed by atoms with Crippen LogP contribution in [-0.2, 0) is 11.3 Å². The number of primary amides is 1. The molecule has 0 bridgehead atoms. The number of thioether (sulfide) groups is 1. The standard InChI is InChI=1S/C20H21N3O4S/c1-12(18(21)24)28-20-22-15-7-5-4-6-14(15)19(25)23(20)11-13-8-9-16(26-2)17(10-13)27-3/h4-10,12H,11H2,1-3H3,(H2,21,24). The monoisotopic (exact) mass is 399 g/mol. The maximum Gasteiger partial charge on any atom is 0.262 e. The first-order chi connectivity index (χ1) is 13.4. The van der Waals surface area contributed by atoms with Crippen molar-refractivity contribution in [3.8, 4) is 11.5 Å². The molecular weight excluding hydrogens is 378 g/mol. The second kappa shape index (κ2) is 8.35. The quantitative estimate of drug-likeness (QED) is 0.484. The van der Waals surface area contributed by atoms with Crippen molar-refractivity contribution in [3.63, 3.8) is 0 Å². The first kappa shape index (κ1) is 19.8. The predicted octanol–water partition coefficient (Wildman–Crippen LogP) is 2.43. The molecule has 2 N–H and O–H groups in total. The van der Waals surface area contributed by atoms with E-state index in [4.69, 9.17) is 15.2 Å². The Kier molecular flexibility index (Phi) is 5.89. The van der Waals surface area contributed by atoms with Crippen molar-refractivity contribution in [2.45, 2.75) is 23.9 Å². The molecule has 7 nitrogen and oxygen atoms in total. The predicted molar refractivity (Wildman–Crippen MR) is 109 cm³/mol. The summed E-state index contributed by atoms with van der Waals surface area (Å²) in [5, 5.41) is 0.425. The van der Waals surface area contributed by atoms with Gasteiger partial charge in [-0.25, -0.2) is 4.98 Å². The van der Waals surface area contributed by atoms with Crippen LogP contribution in [0.3, 0.4) is 0 Å². The zero-order valence-corrected chi connectivity index (χ0v) is 16.7. The van der Waals surface area contributed by atoms with Gasteiger partial charge in [-0.1, -0.05) is 30.0 Å².